The molecule has 2 N–H and O–H groups in total. The summed E-state index contributed by atoms with van der Waals surface area (Å²) in [4.78, 5) is 12.0. The molecule has 2 rings (SSSR count). The second-order valence-electron chi connectivity index (χ2n) is 7.28. The monoisotopic (exact) mass is 254 g/mol. The summed E-state index contributed by atoms with van der Waals surface area (Å²) in [6, 6.07) is 0. The van der Waals surface area contributed by atoms with Gasteiger partial charge in [0.2, 0.25) is 0 Å². The molecule has 0 aliphatic heterocycles. The van der Waals surface area contributed by atoms with Crippen LogP contribution >= 0.6 is 0 Å². The van der Waals surface area contributed by atoms with Crippen LogP contribution in [0.25, 0.3) is 0 Å². The molecule has 3 heteroatoms. The van der Waals surface area contributed by atoms with Crippen LogP contribution < -0.4 is 0 Å². The molecule has 0 aromatic carbocycles. The molecule has 0 spiro atoms. The van der Waals surface area contributed by atoms with E-state index >= 15 is 0 Å². The van der Waals surface area contributed by atoms with Crippen LogP contribution in [0, 0.1) is 22.7 Å². The van der Waals surface area contributed by atoms with E-state index in [0.29, 0.717) is 6.42 Å². The molecule has 2 aliphatic carbocycles. The highest BCUT2D eigenvalue weighted by Crippen LogP contribution is 2.59. The molecule has 5 atom stereocenters. The van der Waals surface area contributed by atoms with Gasteiger partial charge in [-0.15, -0.1) is 0 Å². The Kier molecular flexibility index (Phi) is 3.35. The standard InChI is InChI=1S/C15H26O3/c1-9(16)12-10(17)8-11(18)15(4)7-5-6-14(2,3)13(12)15/h10-13,17-18H,5-8H2,1-4H3/t10-,11-,12-,13-,15+/m1/s1. The zero-order chi connectivity index (χ0) is 13.7. The highest BCUT2D eigenvalue weighted by molar-refractivity contribution is 5.79. The molecule has 0 bridgehead atoms. The van der Waals surface area contributed by atoms with E-state index in [0.717, 1.165) is 19.3 Å². The summed E-state index contributed by atoms with van der Waals surface area (Å²) in [5.74, 6) is -0.163. The molecule has 2 fully saturated rings. The van der Waals surface area contributed by atoms with E-state index in [-0.39, 0.29) is 28.4 Å². The number of aliphatic hydroxyl groups excluding tert-OH is 2. The van der Waals surface area contributed by atoms with E-state index < -0.39 is 12.2 Å². The van der Waals surface area contributed by atoms with Crippen molar-refractivity contribution in [2.24, 2.45) is 22.7 Å². The number of carbonyl (C=O) groups is 1. The predicted molar refractivity (Wildman–Crippen MR) is 70.0 cm³/mol. The van der Waals surface area contributed by atoms with Crippen LogP contribution in [0.2, 0.25) is 0 Å². The van der Waals surface area contributed by atoms with Gasteiger partial charge in [0.15, 0.2) is 0 Å². The molecule has 0 amide bonds. The summed E-state index contributed by atoms with van der Waals surface area (Å²) in [5.41, 5.74) is -0.219. The quantitative estimate of drug-likeness (QED) is 0.754. The van der Waals surface area contributed by atoms with Crippen molar-refractivity contribution in [3.05, 3.63) is 0 Å². The molecule has 3 nitrogen and oxygen atoms in total. The molecule has 2 saturated carbocycles. The average Bonchev–Trinajstić information content (AvgIpc) is 2.20. The Morgan fingerprint density at radius 3 is 2.33 bits per heavy atom. The molecule has 104 valence electrons. The fraction of sp³-hybridized carbons (Fsp3) is 0.933. The first-order chi connectivity index (χ1) is 8.20. The van der Waals surface area contributed by atoms with Crippen molar-refractivity contribution in [1.29, 1.82) is 0 Å². The summed E-state index contributed by atoms with van der Waals surface area (Å²) in [6.45, 7) is 8.04. The second kappa shape index (κ2) is 4.31. The second-order valence-corrected chi connectivity index (χ2v) is 7.28. The van der Waals surface area contributed by atoms with Crippen LogP contribution in [0.4, 0.5) is 0 Å². The van der Waals surface area contributed by atoms with Gasteiger partial charge in [-0.25, -0.2) is 0 Å². The zero-order valence-corrected chi connectivity index (χ0v) is 11.9. The summed E-state index contributed by atoms with van der Waals surface area (Å²) in [7, 11) is 0. The van der Waals surface area contributed by atoms with Gasteiger partial charge < -0.3 is 10.2 Å². The fourth-order valence-electron chi connectivity index (χ4n) is 4.77. The van der Waals surface area contributed by atoms with Gasteiger partial charge in [-0.1, -0.05) is 27.2 Å². The fourth-order valence-corrected chi connectivity index (χ4v) is 4.77. The van der Waals surface area contributed by atoms with Crippen molar-refractivity contribution in [2.75, 3.05) is 0 Å². The molecule has 2 aliphatic rings. The maximum absolute atomic E-state index is 12.0. The Labute approximate surface area is 110 Å². The van der Waals surface area contributed by atoms with E-state index in [9.17, 15) is 15.0 Å². The van der Waals surface area contributed by atoms with Crippen LogP contribution in [0.5, 0.6) is 0 Å². The first-order valence-corrected chi connectivity index (χ1v) is 7.07. The lowest BCUT2D eigenvalue weighted by molar-refractivity contribution is -0.183. The summed E-state index contributed by atoms with van der Waals surface area (Å²) in [5, 5.41) is 20.6. The smallest absolute Gasteiger partial charge is 0.135 e. The van der Waals surface area contributed by atoms with Gasteiger partial charge in [-0.05, 0) is 36.5 Å². The molecule has 0 unspecified atom stereocenters. The third-order valence-corrected chi connectivity index (χ3v) is 5.56. The number of hydrogen-bond acceptors (Lipinski definition) is 3. The Hall–Kier alpha value is -0.410. The number of fused-ring (bicyclic) bond motifs is 1. The summed E-state index contributed by atoms with van der Waals surface area (Å²) in [6.07, 6.45) is 2.28. The van der Waals surface area contributed by atoms with E-state index in [1.165, 1.54) is 0 Å². The number of ketones is 1. The number of hydrogen-bond donors (Lipinski definition) is 2. The van der Waals surface area contributed by atoms with Crippen molar-refractivity contribution in [1.82, 2.24) is 0 Å². The van der Waals surface area contributed by atoms with Crippen LogP contribution in [-0.4, -0.2) is 28.2 Å². The van der Waals surface area contributed by atoms with E-state index in [1.807, 2.05) is 0 Å². The Bertz CT molecular complexity index is 350. The van der Waals surface area contributed by atoms with Gasteiger partial charge in [0.25, 0.3) is 0 Å². The topological polar surface area (TPSA) is 57.5 Å². The van der Waals surface area contributed by atoms with E-state index in [2.05, 4.69) is 20.8 Å². The number of Topliss-reactive ketones (excluding diaryl/α,β-unsaturated/α-hetero) is 1. The van der Waals surface area contributed by atoms with Crippen molar-refractivity contribution >= 4 is 5.78 Å². The zero-order valence-electron chi connectivity index (χ0n) is 11.9. The lowest BCUT2D eigenvalue weighted by atomic mass is 9.46. The van der Waals surface area contributed by atoms with Gasteiger partial charge in [0.1, 0.15) is 5.78 Å². The van der Waals surface area contributed by atoms with E-state index in [4.69, 9.17) is 0 Å². The minimum absolute atomic E-state index is 0.00567. The van der Waals surface area contributed by atoms with Crippen molar-refractivity contribution in [3.63, 3.8) is 0 Å². The van der Waals surface area contributed by atoms with Crippen molar-refractivity contribution < 1.29 is 15.0 Å². The summed E-state index contributed by atoms with van der Waals surface area (Å²) >= 11 is 0. The number of carbonyl (C=O) groups excluding carboxylic acids is 1. The van der Waals surface area contributed by atoms with Crippen LogP contribution in [0.15, 0.2) is 0 Å². The van der Waals surface area contributed by atoms with E-state index in [1.54, 1.807) is 6.92 Å². The van der Waals surface area contributed by atoms with Crippen LogP contribution in [-0.2, 0) is 4.79 Å². The largest absolute Gasteiger partial charge is 0.392 e. The molecule has 0 saturated heterocycles. The predicted octanol–water partition coefficient (Wildman–Crippen LogP) is 2.15. The normalized spacial score (nSPS) is 47.4. The molecular weight excluding hydrogens is 228 g/mol. The first-order valence-electron chi connectivity index (χ1n) is 7.07. The lowest BCUT2D eigenvalue weighted by Gasteiger charge is -2.59. The van der Waals surface area contributed by atoms with Gasteiger partial charge in [-0.3, -0.25) is 4.79 Å². The number of rotatable bonds is 1. The molecule has 0 aromatic rings. The third kappa shape index (κ3) is 1.92. The van der Waals surface area contributed by atoms with Gasteiger partial charge in [0.05, 0.1) is 12.2 Å². The maximum Gasteiger partial charge on any atom is 0.135 e. The molecule has 0 radical (unpaired) electrons. The minimum atomic E-state index is -0.687. The highest BCUT2D eigenvalue weighted by Gasteiger charge is 2.59. The van der Waals surface area contributed by atoms with Crippen LogP contribution in [0.1, 0.15) is 53.4 Å². The maximum atomic E-state index is 12.0. The van der Waals surface area contributed by atoms with Gasteiger partial charge in [-0.2, -0.15) is 0 Å². The summed E-state index contributed by atoms with van der Waals surface area (Å²) < 4.78 is 0. The van der Waals surface area contributed by atoms with Gasteiger partial charge in [0, 0.05) is 12.3 Å². The molecular formula is C15H26O3. The Morgan fingerprint density at radius 2 is 1.78 bits per heavy atom. The van der Waals surface area contributed by atoms with Gasteiger partial charge >= 0.3 is 0 Å². The van der Waals surface area contributed by atoms with Crippen molar-refractivity contribution in [2.45, 2.75) is 65.6 Å². The third-order valence-electron chi connectivity index (χ3n) is 5.56. The average molecular weight is 254 g/mol. The number of aliphatic hydroxyl groups is 2. The first kappa shape index (κ1) is 14.0. The molecule has 0 aromatic heterocycles. The SMILES string of the molecule is CC(=O)[C@@H]1[C@H](O)C[C@@H](O)[C@]2(C)CCCC(C)(C)[C@@H]12. The Balaban J connectivity index is 2.47. The highest BCUT2D eigenvalue weighted by atomic mass is 16.3. The van der Waals surface area contributed by atoms with Crippen molar-refractivity contribution in [3.8, 4) is 0 Å². The minimum Gasteiger partial charge on any atom is -0.392 e. The van der Waals surface area contributed by atoms with Crippen LogP contribution in [0.3, 0.4) is 0 Å². The lowest BCUT2D eigenvalue weighted by Crippen LogP contribution is -2.60. The molecule has 18 heavy (non-hydrogen) atoms. The molecule has 0 heterocycles. The Morgan fingerprint density at radius 1 is 1.17 bits per heavy atom.